The van der Waals surface area contributed by atoms with Crippen molar-refractivity contribution in [2.45, 2.75) is 12.8 Å². The Morgan fingerprint density at radius 1 is 1.36 bits per heavy atom. The molecular weight excluding hydrogens is 167 g/mol. The second-order valence-corrected chi connectivity index (χ2v) is 3.96. The molecule has 5 nitrogen and oxygen atoms in total. The minimum atomic E-state index is -3.86. The zero-order valence-electron chi connectivity index (χ0n) is 6.36. The summed E-state index contributed by atoms with van der Waals surface area (Å²) in [7, 11) is -3.86. The summed E-state index contributed by atoms with van der Waals surface area (Å²) in [6.07, 6.45) is 1.50. The summed E-state index contributed by atoms with van der Waals surface area (Å²) < 4.78 is 10.3. The van der Waals surface area contributed by atoms with Gasteiger partial charge in [0, 0.05) is 0 Å². The molecule has 0 aromatic heterocycles. The summed E-state index contributed by atoms with van der Waals surface area (Å²) in [5.74, 6) is 0. The number of hydrogen-bond acceptors (Lipinski definition) is 3. The molecule has 0 unspecified atom stereocenters. The minimum Gasteiger partial charge on any atom is -0.330 e. The fraction of sp³-hybridized carbons (Fsp3) is 1.00. The van der Waals surface area contributed by atoms with Gasteiger partial charge in [0.1, 0.15) is 0 Å². The fourth-order valence-electron chi connectivity index (χ4n) is 0.619. The Balaban J connectivity index is 3.09. The van der Waals surface area contributed by atoms with E-state index in [0.717, 1.165) is 12.8 Å². The summed E-state index contributed by atoms with van der Waals surface area (Å²) in [5, 5.41) is 2.64. The van der Waals surface area contributed by atoms with Crippen molar-refractivity contribution in [3.05, 3.63) is 0 Å². The first kappa shape index (κ1) is 11.1. The lowest BCUT2D eigenvalue weighted by molar-refractivity contribution is 0.367. The van der Waals surface area contributed by atoms with Crippen molar-refractivity contribution >= 4 is 7.60 Å². The molecule has 0 atom stereocenters. The molecule has 68 valence electrons. The molecule has 0 aliphatic rings. The van der Waals surface area contributed by atoms with Crippen molar-refractivity contribution in [3.8, 4) is 0 Å². The Morgan fingerprint density at radius 3 is 2.45 bits per heavy atom. The number of hydrogen-bond donors (Lipinski definition) is 4. The molecule has 0 spiro atoms. The quantitative estimate of drug-likeness (QED) is 0.326. The van der Waals surface area contributed by atoms with Gasteiger partial charge in [-0.25, -0.2) is 0 Å². The summed E-state index contributed by atoms with van der Waals surface area (Å²) >= 11 is 0. The van der Waals surface area contributed by atoms with Crippen LogP contribution in [0.3, 0.4) is 0 Å². The van der Waals surface area contributed by atoms with Crippen LogP contribution in [0.4, 0.5) is 0 Å². The molecule has 0 aromatic carbocycles. The fourth-order valence-corrected chi connectivity index (χ4v) is 1.07. The lowest BCUT2D eigenvalue weighted by Crippen LogP contribution is -2.17. The van der Waals surface area contributed by atoms with Crippen LogP contribution in [0.1, 0.15) is 12.8 Å². The molecule has 0 fully saturated rings. The van der Waals surface area contributed by atoms with Gasteiger partial charge in [-0.05, 0) is 25.9 Å². The average Bonchev–Trinajstić information content (AvgIpc) is 1.85. The van der Waals surface area contributed by atoms with Gasteiger partial charge in [-0.15, -0.1) is 0 Å². The van der Waals surface area contributed by atoms with E-state index in [-0.39, 0.29) is 6.29 Å². The van der Waals surface area contributed by atoms with Gasteiger partial charge in [-0.3, -0.25) is 4.57 Å². The highest BCUT2D eigenvalue weighted by molar-refractivity contribution is 7.51. The van der Waals surface area contributed by atoms with Crippen molar-refractivity contribution in [2.75, 3.05) is 19.4 Å². The molecule has 0 aromatic rings. The molecule has 11 heavy (non-hydrogen) atoms. The second-order valence-electron chi connectivity index (χ2n) is 2.32. The molecule has 0 aliphatic heterocycles. The predicted octanol–water partition coefficient (Wildman–Crippen LogP) is -0.550. The van der Waals surface area contributed by atoms with E-state index in [4.69, 9.17) is 15.5 Å². The SMILES string of the molecule is NCCCCNCP(=O)(O)O. The van der Waals surface area contributed by atoms with Crippen LogP contribution < -0.4 is 11.1 Å². The number of nitrogens with two attached hydrogens (primary N) is 1. The second kappa shape index (κ2) is 5.69. The summed E-state index contributed by atoms with van der Waals surface area (Å²) in [4.78, 5) is 16.8. The van der Waals surface area contributed by atoms with E-state index in [0.29, 0.717) is 13.1 Å². The molecule has 0 amide bonds. The number of rotatable bonds is 6. The molecule has 0 heterocycles. The third kappa shape index (κ3) is 10.1. The zero-order chi connectivity index (χ0) is 8.74. The van der Waals surface area contributed by atoms with Crippen LogP contribution >= 0.6 is 7.60 Å². The van der Waals surface area contributed by atoms with E-state index in [1.807, 2.05) is 0 Å². The predicted molar refractivity (Wildman–Crippen MR) is 43.2 cm³/mol. The van der Waals surface area contributed by atoms with Gasteiger partial charge in [0.2, 0.25) is 0 Å². The van der Waals surface area contributed by atoms with E-state index in [2.05, 4.69) is 5.32 Å². The van der Waals surface area contributed by atoms with Crippen LogP contribution in [0.2, 0.25) is 0 Å². The van der Waals surface area contributed by atoms with Crippen molar-refractivity contribution in [2.24, 2.45) is 5.73 Å². The van der Waals surface area contributed by atoms with Crippen LogP contribution in [0.15, 0.2) is 0 Å². The molecule has 0 bridgehead atoms. The van der Waals surface area contributed by atoms with E-state index < -0.39 is 7.60 Å². The number of unbranched alkanes of at least 4 members (excludes halogenated alkanes) is 1. The smallest absolute Gasteiger partial charge is 0.330 e. The molecule has 0 rings (SSSR count). The van der Waals surface area contributed by atoms with Gasteiger partial charge in [0.25, 0.3) is 0 Å². The lowest BCUT2D eigenvalue weighted by Gasteiger charge is -2.04. The summed E-state index contributed by atoms with van der Waals surface area (Å²) in [5.41, 5.74) is 5.22. The molecular formula is C5H15N2O3P. The third-order valence-corrected chi connectivity index (χ3v) is 1.76. The minimum absolute atomic E-state index is 0.239. The standard InChI is InChI=1S/C5H15N2O3P/c6-3-1-2-4-7-5-11(8,9)10/h7H,1-6H2,(H2,8,9,10). The Labute approximate surface area is 66.1 Å². The molecule has 0 saturated heterocycles. The molecule has 6 heteroatoms. The number of nitrogens with one attached hydrogen (secondary N) is 1. The molecule has 0 saturated carbocycles. The largest absolute Gasteiger partial charge is 0.339 e. The van der Waals surface area contributed by atoms with Gasteiger partial charge in [-0.2, -0.15) is 0 Å². The van der Waals surface area contributed by atoms with Gasteiger partial charge in [0.15, 0.2) is 0 Å². The summed E-state index contributed by atoms with van der Waals surface area (Å²) in [6, 6.07) is 0. The monoisotopic (exact) mass is 182 g/mol. The third-order valence-electron chi connectivity index (χ3n) is 1.13. The van der Waals surface area contributed by atoms with Gasteiger partial charge < -0.3 is 20.8 Å². The Bertz CT molecular complexity index is 136. The van der Waals surface area contributed by atoms with Crippen LogP contribution in [0.25, 0.3) is 0 Å². The van der Waals surface area contributed by atoms with Gasteiger partial charge in [-0.1, -0.05) is 0 Å². The normalized spacial score (nSPS) is 11.9. The maximum Gasteiger partial charge on any atom is 0.339 e. The molecule has 0 aliphatic carbocycles. The van der Waals surface area contributed by atoms with Crippen molar-refractivity contribution in [1.82, 2.24) is 5.32 Å². The van der Waals surface area contributed by atoms with E-state index in [1.54, 1.807) is 0 Å². The zero-order valence-corrected chi connectivity index (χ0v) is 7.26. The Morgan fingerprint density at radius 2 is 2.00 bits per heavy atom. The van der Waals surface area contributed by atoms with Crippen LogP contribution in [0, 0.1) is 0 Å². The van der Waals surface area contributed by atoms with Crippen molar-refractivity contribution in [3.63, 3.8) is 0 Å². The lowest BCUT2D eigenvalue weighted by atomic mass is 10.3. The first-order valence-corrected chi connectivity index (χ1v) is 5.31. The topological polar surface area (TPSA) is 95.6 Å². The Kier molecular flexibility index (Phi) is 5.72. The first-order chi connectivity index (χ1) is 5.06. The highest BCUT2D eigenvalue weighted by Gasteiger charge is 2.10. The van der Waals surface area contributed by atoms with Crippen molar-refractivity contribution < 1.29 is 14.4 Å². The highest BCUT2D eigenvalue weighted by atomic mass is 31.2. The van der Waals surface area contributed by atoms with E-state index in [9.17, 15) is 4.57 Å². The van der Waals surface area contributed by atoms with E-state index >= 15 is 0 Å². The van der Waals surface area contributed by atoms with Gasteiger partial charge >= 0.3 is 7.60 Å². The van der Waals surface area contributed by atoms with Crippen molar-refractivity contribution in [1.29, 1.82) is 0 Å². The average molecular weight is 182 g/mol. The maximum atomic E-state index is 10.3. The highest BCUT2D eigenvalue weighted by Crippen LogP contribution is 2.31. The van der Waals surface area contributed by atoms with Crippen LogP contribution in [-0.4, -0.2) is 29.2 Å². The molecule has 0 radical (unpaired) electrons. The van der Waals surface area contributed by atoms with Crippen LogP contribution in [0.5, 0.6) is 0 Å². The van der Waals surface area contributed by atoms with Crippen LogP contribution in [-0.2, 0) is 4.57 Å². The van der Waals surface area contributed by atoms with E-state index in [1.165, 1.54) is 0 Å². The Hall–Kier alpha value is 0.0700. The summed E-state index contributed by atoms with van der Waals surface area (Å²) in [6.45, 7) is 1.24. The maximum absolute atomic E-state index is 10.3. The van der Waals surface area contributed by atoms with Gasteiger partial charge in [0.05, 0.1) is 6.29 Å². The first-order valence-electron chi connectivity index (χ1n) is 3.51. The molecule has 5 N–H and O–H groups in total.